The molecule has 126 valence electrons. The summed E-state index contributed by atoms with van der Waals surface area (Å²) in [4.78, 5) is 22.2. The molecule has 7 nitrogen and oxygen atoms in total. The summed E-state index contributed by atoms with van der Waals surface area (Å²) in [7, 11) is 0. The lowest BCUT2D eigenvalue weighted by molar-refractivity contribution is -0.0635. The second-order valence-corrected chi connectivity index (χ2v) is 6.59. The van der Waals surface area contributed by atoms with Crippen molar-refractivity contribution in [2.75, 3.05) is 42.6 Å². The van der Waals surface area contributed by atoms with Crippen molar-refractivity contribution >= 4 is 11.9 Å². The average Bonchev–Trinajstić information content (AvgIpc) is 2.63. The van der Waals surface area contributed by atoms with Crippen LogP contribution in [0.25, 0.3) is 0 Å². The van der Waals surface area contributed by atoms with Crippen molar-refractivity contribution < 1.29 is 4.74 Å². The van der Waals surface area contributed by atoms with Gasteiger partial charge in [-0.1, -0.05) is 0 Å². The third-order valence-corrected chi connectivity index (χ3v) is 4.67. The van der Waals surface area contributed by atoms with Gasteiger partial charge in [-0.15, -0.1) is 0 Å². The normalized spacial score (nSPS) is 24.4. The number of nitrogens with zero attached hydrogens (tertiary/aromatic N) is 6. The molecule has 0 aliphatic carbocycles. The number of hydrogen-bond donors (Lipinski definition) is 0. The van der Waals surface area contributed by atoms with Gasteiger partial charge in [0.15, 0.2) is 0 Å². The Balaban J connectivity index is 1.52. The highest BCUT2D eigenvalue weighted by atomic mass is 16.5. The molecule has 7 heteroatoms. The summed E-state index contributed by atoms with van der Waals surface area (Å²) >= 11 is 0. The van der Waals surface area contributed by atoms with Crippen molar-refractivity contribution in [3.63, 3.8) is 0 Å². The first-order chi connectivity index (χ1) is 11.7. The third-order valence-electron chi connectivity index (χ3n) is 4.67. The fourth-order valence-electron chi connectivity index (χ4n) is 3.53. The lowest BCUT2D eigenvalue weighted by Gasteiger charge is -2.47. The molecule has 4 rings (SSSR count). The van der Waals surface area contributed by atoms with Crippen LogP contribution in [0.5, 0.6) is 0 Å². The minimum Gasteiger partial charge on any atom is -0.369 e. The van der Waals surface area contributed by atoms with Crippen LogP contribution in [-0.2, 0) is 4.74 Å². The summed E-state index contributed by atoms with van der Waals surface area (Å²) < 4.78 is 6.24. The molecular weight excluding hydrogens is 304 g/mol. The van der Waals surface area contributed by atoms with E-state index in [0.717, 1.165) is 56.5 Å². The Bertz CT molecular complexity index is 675. The zero-order chi connectivity index (χ0) is 16.4. The Hall–Kier alpha value is -2.28. The van der Waals surface area contributed by atoms with E-state index in [1.165, 1.54) is 0 Å². The second-order valence-electron chi connectivity index (χ2n) is 6.59. The SMILES string of the molecule is Cc1cnc(N2CCO[C@@]3(CCCN(c4ncccn4)C3)C2)nc1. The lowest BCUT2D eigenvalue weighted by Crippen LogP contribution is -2.60. The Labute approximate surface area is 141 Å². The molecule has 2 fully saturated rings. The smallest absolute Gasteiger partial charge is 0.225 e. The van der Waals surface area contributed by atoms with E-state index in [0.29, 0.717) is 6.61 Å². The molecule has 0 aromatic carbocycles. The highest BCUT2D eigenvalue weighted by Crippen LogP contribution is 2.31. The van der Waals surface area contributed by atoms with Crippen LogP contribution in [0.2, 0.25) is 0 Å². The molecule has 2 aromatic rings. The summed E-state index contributed by atoms with van der Waals surface area (Å²) in [5, 5.41) is 0. The van der Waals surface area contributed by atoms with Crippen molar-refractivity contribution in [1.29, 1.82) is 0 Å². The van der Waals surface area contributed by atoms with Crippen LogP contribution in [0.3, 0.4) is 0 Å². The largest absolute Gasteiger partial charge is 0.369 e. The summed E-state index contributed by atoms with van der Waals surface area (Å²) in [6.45, 7) is 6.10. The van der Waals surface area contributed by atoms with Crippen LogP contribution in [0.15, 0.2) is 30.9 Å². The first-order valence-corrected chi connectivity index (χ1v) is 8.44. The molecule has 24 heavy (non-hydrogen) atoms. The van der Waals surface area contributed by atoms with E-state index in [4.69, 9.17) is 4.74 Å². The van der Waals surface area contributed by atoms with Gasteiger partial charge in [0.2, 0.25) is 11.9 Å². The lowest BCUT2D eigenvalue weighted by atomic mass is 9.91. The standard InChI is InChI=1S/C17H22N6O/c1-14-10-20-16(21-11-14)23-8-9-24-17(13-23)4-2-7-22(12-17)15-18-5-3-6-19-15/h3,5-6,10-11H,2,4,7-9,12-13H2,1H3/t17-/m1/s1. The van der Waals surface area contributed by atoms with Crippen LogP contribution in [0.4, 0.5) is 11.9 Å². The van der Waals surface area contributed by atoms with Crippen molar-refractivity contribution in [2.45, 2.75) is 25.4 Å². The fraction of sp³-hybridized carbons (Fsp3) is 0.529. The summed E-state index contributed by atoms with van der Waals surface area (Å²) in [6.07, 6.45) is 9.43. The first kappa shape index (κ1) is 15.3. The minimum atomic E-state index is -0.204. The molecule has 1 spiro atoms. The molecule has 0 amide bonds. The van der Waals surface area contributed by atoms with Gasteiger partial charge in [-0.05, 0) is 31.4 Å². The molecule has 0 saturated carbocycles. The fourth-order valence-corrected chi connectivity index (χ4v) is 3.53. The van der Waals surface area contributed by atoms with Gasteiger partial charge in [0.25, 0.3) is 0 Å². The van der Waals surface area contributed by atoms with Crippen LogP contribution >= 0.6 is 0 Å². The Morgan fingerprint density at radius 1 is 0.958 bits per heavy atom. The van der Waals surface area contributed by atoms with Crippen molar-refractivity contribution in [3.8, 4) is 0 Å². The molecule has 2 aliphatic rings. The van der Waals surface area contributed by atoms with Crippen LogP contribution in [-0.4, -0.2) is 58.3 Å². The zero-order valence-electron chi connectivity index (χ0n) is 13.9. The molecule has 2 aliphatic heterocycles. The van der Waals surface area contributed by atoms with Gasteiger partial charge < -0.3 is 14.5 Å². The minimum absolute atomic E-state index is 0.204. The highest BCUT2D eigenvalue weighted by molar-refractivity contribution is 5.35. The van der Waals surface area contributed by atoms with Gasteiger partial charge in [0.1, 0.15) is 5.60 Å². The molecule has 0 radical (unpaired) electrons. The Morgan fingerprint density at radius 3 is 2.38 bits per heavy atom. The summed E-state index contributed by atoms with van der Waals surface area (Å²) in [6, 6.07) is 1.84. The number of ether oxygens (including phenoxy) is 1. The molecule has 2 aromatic heterocycles. The van der Waals surface area contributed by atoms with Crippen molar-refractivity contribution in [2.24, 2.45) is 0 Å². The van der Waals surface area contributed by atoms with Gasteiger partial charge in [-0.3, -0.25) is 0 Å². The number of piperidine rings is 1. The Kier molecular flexibility index (Phi) is 4.02. The summed E-state index contributed by atoms with van der Waals surface area (Å²) in [5.41, 5.74) is 0.871. The average molecular weight is 326 g/mol. The summed E-state index contributed by atoms with van der Waals surface area (Å²) in [5.74, 6) is 1.57. The van der Waals surface area contributed by atoms with E-state index in [1.807, 2.05) is 25.4 Å². The van der Waals surface area contributed by atoms with E-state index in [2.05, 4.69) is 29.7 Å². The first-order valence-electron chi connectivity index (χ1n) is 8.44. The van der Waals surface area contributed by atoms with E-state index in [1.54, 1.807) is 12.4 Å². The molecular formula is C17H22N6O. The maximum Gasteiger partial charge on any atom is 0.225 e. The Morgan fingerprint density at radius 2 is 1.62 bits per heavy atom. The maximum atomic E-state index is 6.24. The number of anilines is 2. The van der Waals surface area contributed by atoms with Gasteiger partial charge in [0, 0.05) is 37.9 Å². The topological polar surface area (TPSA) is 67.3 Å². The number of rotatable bonds is 2. The monoisotopic (exact) mass is 326 g/mol. The van der Waals surface area contributed by atoms with Gasteiger partial charge in [-0.2, -0.15) is 0 Å². The predicted molar refractivity (Wildman–Crippen MR) is 91.1 cm³/mol. The van der Waals surface area contributed by atoms with Gasteiger partial charge >= 0.3 is 0 Å². The number of morpholine rings is 1. The predicted octanol–water partition coefficient (Wildman–Crippen LogP) is 1.45. The highest BCUT2D eigenvalue weighted by Gasteiger charge is 2.41. The quantitative estimate of drug-likeness (QED) is 0.827. The number of aromatic nitrogens is 4. The molecule has 4 heterocycles. The third kappa shape index (κ3) is 3.03. The van der Waals surface area contributed by atoms with E-state index in [9.17, 15) is 0 Å². The molecule has 0 N–H and O–H groups in total. The van der Waals surface area contributed by atoms with Crippen LogP contribution in [0.1, 0.15) is 18.4 Å². The van der Waals surface area contributed by atoms with Crippen molar-refractivity contribution in [1.82, 2.24) is 19.9 Å². The van der Waals surface area contributed by atoms with Crippen molar-refractivity contribution in [3.05, 3.63) is 36.4 Å². The molecule has 0 unspecified atom stereocenters. The van der Waals surface area contributed by atoms with Gasteiger partial charge in [-0.25, -0.2) is 19.9 Å². The number of hydrogen-bond acceptors (Lipinski definition) is 7. The number of aryl methyl sites for hydroxylation is 1. The molecule has 2 saturated heterocycles. The molecule has 0 bridgehead atoms. The maximum absolute atomic E-state index is 6.24. The zero-order valence-corrected chi connectivity index (χ0v) is 13.9. The van der Waals surface area contributed by atoms with Gasteiger partial charge in [0.05, 0.1) is 19.7 Å². The van der Waals surface area contributed by atoms with E-state index >= 15 is 0 Å². The second kappa shape index (κ2) is 6.32. The van der Waals surface area contributed by atoms with E-state index in [-0.39, 0.29) is 5.60 Å². The van der Waals surface area contributed by atoms with Crippen LogP contribution in [0, 0.1) is 6.92 Å². The van der Waals surface area contributed by atoms with Crippen LogP contribution < -0.4 is 9.80 Å². The van der Waals surface area contributed by atoms with E-state index < -0.39 is 0 Å². The molecule has 1 atom stereocenters.